The molecule has 2 aromatic heterocycles. The molecular formula is C22H18F3N3O2. The van der Waals surface area contributed by atoms with E-state index in [1.165, 1.54) is 12.1 Å². The first-order valence-electron chi connectivity index (χ1n) is 9.53. The summed E-state index contributed by atoms with van der Waals surface area (Å²) in [5, 5.41) is 1.63. The number of carbonyl (C=O) groups excluding carboxylic acids is 1. The lowest BCUT2D eigenvalue weighted by Crippen LogP contribution is -2.36. The minimum absolute atomic E-state index is 0.101. The van der Waals surface area contributed by atoms with Gasteiger partial charge < -0.3 is 19.2 Å². The molecule has 30 heavy (non-hydrogen) atoms. The average molecular weight is 413 g/mol. The van der Waals surface area contributed by atoms with Crippen LogP contribution in [0.4, 0.5) is 13.2 Å². The maximum absolute atomic E-state index is 13.2. The Morgan fingerprint density at radius 2 is 1.93 bits per heavy atom. The van der Waals surface area contributed by atoms with Gasteiger partial charge in [0, 0.05) is 59.6 Å². The Bertz CT molecular complexity index is 1290. The molecule has 0 spiro atoms. The van der Waals surface area contributed by atoms with E-state index in [2.05, 4.69) is 9.72 Å². The van der Waals surface area contributed by atoms with Gasteiger partial charge in [0.15, 0.2) is 0 Å². The van der Waals surface area contributed by atoms with Crippen molar-refractivity contribution in [2.75, 3.05) is 6.54 Å². The van der Waals surface area contributed by atoms with E-state index in [-0.39, 0.29) is 11.7 Å². The van der Waals surface area contributed by atoms with E-state index in [0.717, 1.165) is 27.7 Å². The van der Waals surface area contributed by atoms with Gasteiger partial charge in [-0.25, -0.2) is 0 Å². The van der Waals surface area contributed by atoms with Gasteiger partial charge in [0.05, 0.1) is 0 Å². The molecule has 1 aliphatic rings. The van der Waals surface area contributed by atoms with E-state index in [9.17, 15) is 18.0 Å². The number of aryl methyl sites for hydroxylation is 1. The van der Waals surface area contributed by atoms with Crippen LogP contribution in [-0.2, 0) is 20.0 Å². The number of hydrogen-bond donors (Lipinski definition) is 1. The van der Waals surface area contributed by atoms with Crippen LogP contribution in [0.3, 0.4) is 0 Å². The molecule has 0 atom stereocenters. The topological polar surface area (TPSA) is 50.3 Å². The van der Waals surface area contributed by atoms with Crippen LogP contribution < -0.4 is 4.74 Å². The molecule has 0 bridgehead atoms. The van der Waals surface area contributed by atoms with Crippen molar-refractivity contribution in [2.45, 2.75) is 19.3 Å². The molecule has 1 aliphatic heterocycles. The van der Waals surface area contributed by atoms with Crippen molar-refractivity contribution in [3.63, 3.8) is 0 Å². The maximum Gasteiger partial charge on any atom is 0.573 e. The van der Waals surface area contributed by atoms with Crippen molar-refractivity contribution < 1.29 is 22.7 Å². The number of aromatic amines is 1. The van der Waals surface area contributed by atoms with Crippen LogP contribution >= 0.6 is 0 Å². The molecule has 0 unspecified atom stereocenters. The summed E-state index contributed by atoms with van der Waals surface area (Å²) in [5.41, 5.74) is 4.06. The molecule has 0 saturated heterocycles. The van der Waals surface area contributed by atoms with Crippen molar-refractivity contribution in [1.29, 1.82) is 0 Å². The molecule has 4 aromatic rings. The highest BCUT2D eigenvalue weighted by Crippen LogP contribution is 2.33. The van der Waals surface area contributed by atoms with Crippen molar-refractivity contribution >= 4 is 27.7 Å². The van der Waals surface area contributed by atoms with Crippen molar-refractivity contribution in [1.82, 2.24) is 14.5 Å². The number of H-pyrrole nitrogens is 1. The number of hydrogen-bond acceptors (Lipinski definition) is 2. The number of nitrogens with zero attached hydrogens (tertiary/aromatic N) is 2. The summed E-state index contributed by atoms with van der Waals surface area (Å²) in [7, 11) is 1.86. The molecule has 0 radical (unpaired) electrons. The number of carbonyl (C=O) groups is 1. The summed E-state index contributed by atoms with van der Waals surface area (Å²) < 4.78 is 43.7. The lowest BCUT2D eigenvalue weighted by molar-refractivity contribution is -0.274. The highest BCUT2D eigenvalue weighted by Gasteiger charge is 2.32. The number of rotatable bonds is 2. The lowest BCUT2D eigenvalue weighted by Gasteiger charge is -2.27. The van der Waals surface area contributed by atoms with E-state index in [4.69, 9.17) is 0 Å². The standard InChI is InChI=1S/C22H18F3N3O2/c1-27-19-5-3-2-4-13(19)10-20(27)21(29)28-9-8-18-16(12-28)15-11-14(30-22(23,24)25)6-7-17(15)26-18/h2-7,10-11,26H,8-9,12H2,1H3. The van der Waals surface area contributed by atoms with Crippen LogP contribution in [0, 0.1) is 0 Å². The van der Waals surface area contributed by atoms with E-state index in [1.807, 2.05) is 41.9 Å². The second kappa shape index (κ2) is 6.55. The first-order valence-corrected chi connectivity index (χ1v) is 9.53. The van der Waals surface area contributed by atoms with E-state index in [0.29, 0.717) is 30.6 Å². The fourth-order valence-corrected chi connectivity index (χ4v) is 4.22. The van der Waals surface area contributed by atoms with Crippen molar-refractivity contribution in [3.8, 4) is 5.75 Å². The molecule has 0 fully saturated rings. The third-order valence-electron chi connectivity index (χ3n) is 5.64. The third-order valence-corrected chi connectivity index (χ3v) is 5.64. The zero-order valence-electron chi connectivity index (χ0n) is 16.1. The molecular weight excluding hydrogens is 395 g/mol. The van der Waals surface area contributed by atoms with Gasteiger partial charge in [-0.05, 0) is 30.3 Å². The molecule has 154 valence electrons. The number of aromatic nitrogens is 2. The Kier molecular flexibility index (Phi) is 4.06. The Morgan fingerprint density at radius 1 is 1.13 bits per heavy atom. The van der Waals surface area contributed by atoms with Crippen LogP contribution in [0.5, 0.6) is 5.75 Å². The summed E-state index contributed by atoms with van der Waals surface area (Å²) in [6.07, 6.45) is -4.14. The maximum atomic E-state index is 13.2. The number of halogens is 3. The molecule has 8 heteroatoms. The van der Waals surface area contributed by atoms with Crippen LogP contribution in [0.15, 0.2) is 48.5 Å². The number of alkyl halides is 3. The third kappa shape index (κ3) is 3.08. The number of fused-ring (bicyclic) bond motifs is 4. The van der Waals surface area contributed by atoms with Crippen LogP contribution in [0.25, 0.3) is 21.8 Å². The number of benzene rings is 2. The Morgan fingerprint density at radius 3 is 2.70 bits per heavy atom. The molecule has 1 amide bonds. The summed E-state index contributed by atoms with van der Waals surface area (Å²) in [6.45, 7) is 0.858. The quantitative estimate of drug-likeness (QED) is 0.515. The van der Waals surface area contributed by atoms with Crippen LogP contribution in [0.2, 0.25) is 0 Å². The highest BCUT2D eigenvalue weighted by molar-refractivity contribution is 5.99. The second-order valence-electron chi connectivity index (χ2n) is 7.46. The predicted molar refractivity (Wildman–Crippen MR) is 106 cm³/mol. The molecule has 5 nitrogen and oxygen atoms in total. The average Bonchev–Trinajstić information content (AvgIpc) is 3.23. The number of para-hydroxylation sites is 1. The van der Waals surface area contributed by atoms with Gasteiger partial charge in [-0.15, -0.1) is 13.2 Å². The van der Waals surface area contributed by atoms with Crippen LogP contribution in [-0.4, -0.2) is 33.3 Å². The van der Waals surface area contributed by atoms with Gasteiger partial charge in [-0.1, -0.05) is 18.2 Å². The van der Waals surface area contributed by atoms with Crippen LogP contribution in [0.1, 0.15) is 21.7 Å². The minimum Gasteiger partial charge on any atom is -0.406 e. The number of nitrogens with one attached hydrogen (secondary N) is 1. The first-order chi connectivity index (χ1) is 14.3. The van der Waals surface area contributed by atoms with Gasteiger partial charge in [0.1, 0.15) is 11.4 Å². The first kappa shape index (κ1) is 18.6. The molecule has 3 heterocycles. The molecule has 0 aliphatic carbocycles. The molecule has 5 rings (SSSR count). The van der Waals surface area contributed by atoms with Gasteiger partial charge in [0.2, 0.25) is 0 Å². The molecule has 2 aromatic carbocycles. The summed E-state index contributed by atoms with van der Waals surface area (Å²) in [6, 6.07) is 13.9. The lowest BCUT2D eigenvalue weighted by atomic mass is 10.0. The van der Waals surface area contributed by atoms with E-state index < -0.39 is 6.36 Å². The Hall–Kier alpha value is -3.42. The molecule has 1 N–H and O–H groups in total. The van der Waals surface area contributed by atoms with Gasteiger partial charge in [0.25, 0.3) is 5.91 Å². The SMILES string of the molecule is Cn1c(C(=O)N2CCc3[nH]c4ccc(OC(F)(F)F)cc4c3C2)cc2ccccc21. The fraction of sp³-hybridized carbons (Fsp3) is 0.227. The van der Waals surface area contributed by atoms with Crippen molar-refractivity contribution in [2.24, 2.45) is 7.05 Å². The minimum atomic E-state index is -4.75. The largest absolute Gasteiger partial charge is 0.573 e. The number of ether oxygens (including phenoxy) is 1. The number of amides is 1. The van der Waals surface area contributed by atoms with E-state index >= 15 is 0 Å². The fourth-order valence-electron chi connectivity index (χ4n) is 4.22. The summed E-state index contributed by atoms with van der Waals surface area (Å²) in [4.78, 5) is 18.2. The Labute approximate surface area is 169 Å². The van der Waals surface area contributed by atoms with Gasteiger partial charge in [-0.3, -0.25) is 4.79 Å². The molecule has 0 saturated carbocycles. The van der Waals surface area contributed by atoms with Gasteiger partial charge >= 0.3 is 6.36 Å². The predicted octanol–water partition coefficient (Wildman–Crippen LogP) is 4.76. The zero-order valence-corrected chi connectivity index (χ0v) is 16.1. The van der Waals surface area contributed by atoms with Crippen molar-refractivity contribution in [3.05, 3.63) is 65.5 Å². The highest BCUT2D eigenvalue weighted by atomic mass is 19.4. The Balaban J connectivity index is 1.48. The summed E-state index contributed by atoms with van der Waals surface area (Å²) >= 11 is 0. The monoisotopic (exact) mass is 413 g/mol. The van der Waals surface area contributed by atoms with E-state index in [1.54, 1.807) is 11.0 Å². The normalized spacial score (nSPS) is 14.3. The zero-order chi connectivity index (χ0) is 21.0. The second-order valence-corrected chi connectivity index (χ2v) is 7.46. The smallest absolute Gasteiger partial charge is 0.406 e. The van der Waals surface area contributed by atoms with Gasteiger partial charge in [-0.2, -0.15) is 0 Å². The summed E-state index contributed by atoms with van der Waals surface area (Å²) in [5.74, 6) is -0.370.